The molecule has 1 saturated carbocycles. The molecule has 3 aromatic rings. The number of para-hydroxylation sites is 1. The molecule has 0 radical (unpaired) electrons. The smallest absolute Gasteiger partial charge is 0.322 e. The van der Waals surface area contributed by atoms with Gasteiger partial charge in [0.25, 0.3) is 0 Å². The van der Waals surface area contributed by atoms with Crippen LogP contribution in [0.25, 0.3) is 11.0 Å². The monoisotopic (exact) mass is 341 g/mol. The van der Waals surface area contributed by atoms with Gasteiger partial charge >= 0.3 is 6.01 Å². The summed E-state index contributed by atoms with van der Waals surface area (Å²) in [4.78, 5) is 7.70. The minimum absolute atomic E-state index is 0.345. The van der Waals surface area contributed by atoms with Crippen LogP contribution in [-0.4, -0.2) is 27.3 Å². The molecule has 1 aromatic carbocycles. The minimum Gasteiger partial charge on any atom is -0.494 e. The van der Waals surface area contributed by atoms with E-state index in [-0.39, 0.29) is 0 Å². The van der Waals surface area contributed by atoms with E-state index in [2.05, 4.69) is 39.3 Å². The topological polar surface area (TPSA) is 88.9 Å². The number of H-pyrrole nitrogens is 1. The quantitative estimate of drug-likeness (QED) is 0.738. The summed E-state index contributed by atoms with van der Waals surface area (Å²) in [5, 5.41) is 11.4. The molecule has 7 heteroatoms. The van der Waals surface area contributed by atoms with Crippen LogP contribution in [0.3, 0.4) is 0 Å². The first kappa shape index (κ1) is 15.9. The number of aromatic nitrogens is 4. The first-order valence-corrected chi connectivity index (χ1v) is 8.75. The number of aromatic amines is 1. The van der Waals surface area contributed by atoms with Crippen LogP contribution < -0.4 is 10.1 Å². The highest BCUT2D eigenvalue weighted by Crippen LogP contribution is 2.39. The van der Waals surface area contributed by atoms with Gasteiger partial charge in [0.05, 0.1) is 12.6 Å². The molecule has 0 aliphatic heterocycles. The first-order valence-electron chi connectivity index (χ1n) is 8.75. The van der Waals surface area contributed by atoms with Crippen LogP contribution in [0.5, 0.6) is 5.75 Å². The minimum atomic E-state index is 0.345. The molecule has 2 N–H and O–H groups in total. The van der Waals surface area contributed by atoms with Gasteiger partial charge in [0.2, 0.25) is 11.8 Å². The zero-order valence-corrected chi connectivity index (χ0v) is 14.7. The second-order valence-electron chi connectivity index (χ2n) is 7.13. The van der Waals surface area contributed by atoms with E-state index in [0.29, 0.717) is 29.7 Å². The largest absolute Gasteiger partial charge is 0.494 e. The van der Waals surface area contributed by atoms with Crippen molar-refractivity contribution in [3.63, 3.8) is 0 Å². The molecule has 7 nitrogen and oxygen atoms in total. The first-order chi connectivity index (χ1) is 12.1. The number of nitrogens with one attached hydrogen (secondary N) is 2. The Morgan fingerprint density at radius 2 is 1.96 bits per heavy atom. The number of nitrogens with zero attached hydrogens (tertiary/aromatic N) is 3. The Morgan fingerprint density at radius 1 is 1.16 bits per heavy atom. The van der Waals surface area contributed by atoms with Crippen LogP contribution in [-0.2, 0) is 0 Å². The Hall–Kier alpha value is -2.57. The summed E-state index contributed by atoms with van der Waals surface area (Å²) in [6, 6.07) is 6.10. The molecule has 2 aromatic heterocycles. The van der Waals surface area contributed by atoms with Crippen molar-refractivity contribution in [1.82, 2.24) is 20.2 Å². The Kier molecular flexibility index (Phi) is 4.07. The van der Waals surface area contributed by atoms with Gasteiger partial charge < -0.3 is 14.1 Å². The Labute approximate surface area is 146 Å². The highest BCUT2D eigenvalue weighted by molar-refractivity contribution is 5.83. The van der Waals surface area contributed by atoms with Crippen molar-refractivity contribution in [2.24, 2.45) is 11.8 Å². The van der Waals surface area contributed by atoms with Gasteiger partial charge in [-0.05, 0) is 43.2 Å². The summed E-state index contributed by atoms with van der Waals surface area (Å²) in [7, 11) is 1.63. The molecule has 4 rings (SSSR count). The van der Waals surface area contributed by atoms with E-state index in [1.807, 2.05) is 18.2 Å². The maximum Gasteiger partial charge on any atom is 0.322 e. The highest BCUT2D eigenvalue weighted by atomic mass is 16.5. The average molecular weight is 341 g/mol. The molecule has 2 heterocycles. The number of anilines is 2. The second kappa shape index (κ2) is 6.38. The number of hydrogen-bond acceptors (Lipinski definition) is 6. The van der Waals surface area contributed by atoms with Crippen molar-refractivity contribution in [2.75, 3.05) is 12.4 Å². The van der Waals surface area contributed by atoms with Crippen LogP contribution in [0, 0.1) is 11.8 Å². The van der Waals surface area contributed by atoms with Crippen molar-refractivity contribution < 1.29 is 9.15 Å². The molecular formula is C18H23N5O2. The van der Waals surface area contributed by atoms with Gasteiger partial charge in [0, 0.05) is 5.92 Å². The lowest BCUT2D eigenvalue weighted by atomic mass is 9.77. The molecule has 1 aliphatic carbocycles. The lowest BCUT2D eigenvalue weighted by Crippen LogP contribution is -2.18. The van der Waals surface area contributed by atoms with E-state index in [9.17, 15) is 0 Å². The molecule has 3 atom stereocenters. The fourth-order valence-corrected chi connectivity index (χ4v) is 3.93. The van der Waals surface area contributed by atoms with Crippen LogP contribution in [0.1, 0.15) is 44.9 Å². The third-order valence-electron chi connectivity index (χ3n) is 4.89. The fraction of sp³-hybridized carbons (Fsp3) is 0.500. The summed E-state index contributed by atoms with van der Waals surface area (Å²) in [6.45, 7) is 4.58. The molecular weight excluding hydrogens is 318 g/mol. The number of methoxy groups -OCH3 is 1. The Morgan fingerprint density at radius 3 is 2.72 bits per heavy atom. The fourth-order valence-electron chi connectivity index (χ4n) is 3.93. The Balaban J connectivity index is 1.53. The van der Waals surface area contributed by atoms with Crippen molar-refractivity contribution in [2.45, 2.75) is 39.0 Å². The molecule has 0 spiro atoms. The number of imidazole rings is 1. The van der Waals surface area contributed by atoms with Gasteiger partial charge in [-0.1, -0.05) is 25.0 Å². The lowest BCUT2D eigenvalue weighted by Gasteiger charge is -2.29. The molecule has 0 saturated heterocycles. The number of ether oxygens (including phenoxy) is 1. The predicted octanol–water partition coefficient (Wildman–Crippen LogP) is 4.24. The third-order valence-corrected chi connectivity index (χ3v) is 4.89. The summed E-state index contributed by atoms with van der Waals surface area (Å²) in [5.41, 5.74) is 1.65. The summed E-state index contributed by atoms with van der Waals surface area (Å²) in [5.74, 6) is 3.73. The Bertz CT molecular complexity index is 861. The molecule has 1 fully saturated rings. The van der Waals surface area contributed by atoms with E-state index >= 15 is 0 Å². The molecule has 0 bridgehead atoms. The molecule has 1 unspecified atom stereocenters. The van der Waals surface area contributed by atoms with E-state index in [1.165, 1.54) is 6.42 Å². The average Bonchev–Trinajstić information content (AvgIpc) is 3.20. The van der Waals surface area contributed by atoms with E-state index < -0.39 is 0 Å². The van der Waals surface area contributed by atoms with Gasteiger partial charge in [-0.2, -0.15) is 0 Å². The normalized spacial score (nSPS) is 23.7. The number of benzene rings is 1. The van der Waals surface area contributed by atoms with E-state index in [4.69, 9.17) is 9.15 Å². The van der Waals surface area contributed by atoms with Gasteiger partial charge in [0.15, 0.2) is 0 Å². The van der Waals surface area contributed by atoms with Gasteiger partial charge in [-0.15, -0.1) is 5.10 Å². The number of hydrogen-bond donors (Lipinski definition) is 2. The zero-order valence-electron chi connectivity index (χ0n) is 14.7. The van der Waals surface area contributed by atoms with Crippen LogP contribution in [0.2, 0.25) is 0 Å². The van der Waals surface area contributed by atoms with Gasteiger partial charge in [0.1, 0.15) is 11.3 Å². The summed E-state index contributed by atoms with van der Waals surface area (Å²) < 4.78 is 11.2. The SMILES string of the molecule is COc1cccc2[nH]c(Nc3nnc(C4C[C@@H](C)C[C@@H](C)C4)o3)nc12. The van der Waals surface area contributed by atoms with E-state index in [0.717, 1.165) is 35.5 Å². The van der Waals surface area contributed by atoms with Crippen LogP contribution in [0.4, 0.5) is 12.0 Å². The number of rotatable bonds is 4. The zero-order chi connectivity index (χ0) is 17.4. The summed E-state index contributed by atoms with van der Waals surface area (Å²) in [6.07, 6.45) is 3.48. The van der Waals surface area contributed by atoms with Gasteiger partial charge in [-0.3, -0.25) is 5.32 Å². The van der Waals surface area contributed by atoms with Crippen molar-refractivity contribution in [1.29, 1.82) is 0 Å². The van der Waals surface area contributed by atoms with Crippen LogP contribution in [0.15, 0.2) is 22.6 Å². The second-order valence-corrected chi connectivity index (χ2v) is 7.13. The lowest BCUT2D eigenvalue weighted by molar-refractivity contribution is 0.243. The third kappa shape index (κ3) is 3.18. The maximum atomic E-state index is 5.85. The van der Waals surface area contributed by atoms with E-state index in [1.54, 1.807) is 7.11 Å². The molecule has 132 valence electrons. The standard InChI is InChI=1S/C18H23N5O2/c1-10-7-11(2)9-12(8-10)16-22-23-18(25-16)21-17-19-13-5-4-6-14(24-3)15(13)20-17/h4-6,10-12H,7-9H2,1-3H3,(H2,19,20,21,23)/t10-,11+,12?. The van der Waals surface area contributed by atoms with Crippen molar-refractivity contribution >= 4 is 23.0 Å². The predicted molar refractivity (Wildman–Crippen MR) is 95.1 cm³/mol. The molecule has 1 aliphatic rings. The highest BCUT2D eigenvalue weighted by Gasteiger charge is 2.29. The van der Waals surface area contributed by atoms with Gasteiger partial charge in [-0.25, -0.2) is 4.98 Å². The van der Waals surface area contributed by atoms with Crippen molar-refractivity contribution in [3.8, 4) is 5.75 Å². The number of fused-ring (bicyclic) bond motifs is 1. The van der Waals surface area contributed by atoms with Crippen molar-refractivity contribution in [3.05, 3.63) is 24.1 Å². The van der Waals surface area contributed by atoms with Crippen LogP contribution >= 0.6 is 0 Å². The molecule has 25 heavy (non-hydrogen) atoms. The molecule has 0 amide bonds. The summed E-state index contributed by atoms with van der Waals surface area (Å²) >= 11 is 0. The maximum absolute atomic E-state index is 5.85.